The predicted molar refractivity (Wildman–Crippen MR) is 37.1 cm³/mol. The fourth-order valence-electron chi connectivity index (χ4n) is 0.529. The highest BCUT2D eigenvalue weighted by Gasteiger charge is 2.14. The summed E-state index contributed by atoms with van der Waals surface area (Å²) in [7, 11) is 1.05. The van der Waals surface area contributed by atoms with Gasteiger partial charge in [-0.15, -0.1) is 0 Å². The zero-order valence-corrected chi connectivity index (χ0v) is 6.72. The summed E-state index contributed by atoms with van der Waals surface area (Å²) in [5, 5.41) is -0.415. The average molecular weight is 195 g/mol. The van der Waals surface area contributed by atoms with E-state index < -0.39 is 14.1 Å². The van der Waals surface area contributed by atoms with Crippen LogP contribution in [0.3, 0.4) is 0 Å². The summed E-state index contributed by atoms with van der Waals surface area (Å²) >= 11 is 0. The molecule has 0 fully saturated rings. The van der Waals surface area contributed by atoms with Crippen LogP contribution in [0.2, 0.25) is 0 Å². The van der Waals surface area contributed by atoms with Crippen molar-refractivity contribution in [2.24, 2.45) is 0 Å². The van der Waals surface area contributed by atoms with E-state index in [1.54, 1.807) is 0 Å². The van der Waals surface area contributed by atoms with Crippen LogP contribution in [0.15, 0.2) is 21.6 Å². The van der Waals surface area contributed by atoms with E-state index in [9.17, 15) is 13.2 Å². The van der Waals surface area contributed by atoms with Crippen molar-refractivity contribution < 1.29 is 17.6 Å². The monoisotopic (exact) mass is 194 g/mol. The number of aldehydes is 1. The molecule has 0 radical (unpaired) electrons. The van der Waals surface area contributed by atoms with Crippen LogP contribution in [-0.4, -0.2) is 14.7 Å². The highest BCUT2D eigenvalue weighted by Crippen LogP contribution is 2.16. The van der Waals surface area contributed by atoms with Gasteiger partial charge < -0.3 is 4.42 Å². The molecule has 0 N–H and O–H groups in total. The molecule has 0 aromatic carbocycles. The zero-order valence-electron chi connectivity index (χ0n) is 5.15. The molecule has 11 heavy (non-hydrogen) atoms. The van der Waals surface area contributed by atoms with E-state index in [0.717, 1.165) is 6.07 Å². The maximum Gasteiger partial charge on any atom is 0.294 e. The summed E-state index contributed by atoms with van der Waals surface area (Å²) in [5.41, 5.74) is 0. The molecule has 6 heteroatoms. The summed E-state index contributed by atoms with van der Waals surface area (Å²) in [5.74, 6) is -0.0655. The van der Waals surface area contributed by atoms with E-state index in [1.165, 1.54) is 6.07 Å². The molecule has 0 saturated carbocycles. The van der Waals surface area contributed by atoms with Gasteiger partial charge in [-0.05, 0) is 12.1 Å². The molecule has 0 unspecified atom stereocenters. The topological polar surface area (TPSA) is 64.3 Å². The molecular formula is C5H3ClO4S. The van der Waals surface area contributed by atoms with E-state index in [4.69, 9.17) is 10.7 Å². The molecular weight excluding hydrogens is 192 g/mol. The van der Waals surface area contributed by atoms with Gasteiger partial charge in [-0.1, -0.05) is 0 Å². The van der Waals surface area contributed by atoms with Crippen molar-refractivity contribution in [2.45, 2.75) is 5.09 Å². The van der Waals surface area contributed by atoms with E-state index >= 15 is 0 Å². The van der Waals surface area contributed by atoms with E-state index in [-0.39, 0.29) is 5.76 Å². The van der Waals surface area contributed by atoms with Gasteiger partial charge in [0.2, 0.25) is 5.09 Å². The standard InChI is InChI=1S/C5H3ClO4S/c6-11(8,9)5-2-1-4(3-7)10-5/h1-3H. The van der Waals surface area contributed by atoms with Crippen LogP contribution in [0.4, 0.5) is 0 Å². The Labute approximate surface area is 67.2 Å². The molecule has 1 rings (SSSR count). The van der Waals surface area contributed by atoms with Crippen molar-refractivity contribution in [3.05, 3.63) is 17.9 Å². The molecule has 0 aliphatic rings. The van der Waals surface area contributed by atoms with Crippen molar-refractivity contribution in [3.8, 4) is 0 Å². The Bertz CT molecular complexity index is 364. The summed E-state index contributed by atoms with van der Waals surface area (Å²) < 4.78 is 25.5. The maximum absolute atomic E-state index is 10.5. The number of halogens is 1. The van der Waals surface area contributed by atoms with Gasteiger partial charge in [0.05, 0.1) is 0 Å². The Morgan fingerprint density at radius 3 is 2.36 bits per heavy atom. The molecule has 0 aliphatic carbocycles. The Morgan fingerprint density at radius 1 is 1.45 bits per heavy atom. The van der Waals surface area contributed by atoms with Crippen molar-refractivity contribution in [1.82, 2.24) is 0 Å². The SMILES string of the molecule is O=Cc1ccc(S(=O)(=O)Cl)o1. The lowest BCUT2D eigenvalue weighted by Crippen LogP contribution is -1.85. The minimum atomic E-state index is -3.85. The van der Waals surface area contributed by atoms with Crippen LogP contribution in [0.1, 0.15) is 10.6 Å². The van der Waals surface area contributed by atoms with Crippen LogP contribution in [0.25, 0.3) is 0 Å². The van der Waals surface area contributed by atoms with Crippen molar-refractivity contribution in [1.29, 1.82) is 0 Å². The summed E-state index contributed by atoms with van der Waals surface area (Å²) in [6.45, 7) is 0. The third-order valence-electron chi connectivity index (χ3n) is 0.959. The fraction of sp³-hybridized carbons (Fsp3) is 0. The average Bonchev–Trinajstić information content (AvgIpc) is 2.32. The Balaban J connectivity index is 3.18. The van der Waals surface area contributed by atoms with Crippen LogP contribution in [0.5, 0.6) is 0 Å². The first-order valence-electron chi connectivity index (χ1n) is 2.54. The van der Waals surface area contributed by atoms with E-state index in [1.807, 2.05) is 0 Å². The molecule has 1 heterocycles. The van der Waals surface area contributed by atoms with Gasteiger partial charge in [0.15, 0.2) is 12.0 Å². The highest BCUT2D eigenvalue weighted by atomic mass is 35.7. The number of rotatable bonds is 2. The normalized spacial score (nSPS) is 11.4. The van der Waals surface area contributed by atoms with Crippen molar-refractivity contribution in [3.63, 3.8) is 0 Å². The summed E-state index contributed by atoms with van der Waals surface area (Å²) in [6, 6.07) is 2.34. The molecule has 1 aromatic rings. The molecule has 0 spiro atoms. The molecule has 0 aliphatic heterocycles. The van der Waals surface area contributed by atoms with Crippen molar-refractivity contribution in [2.75, 3.05) is 0 Å². The second kappa shape index (κ2) is 2.67. The number of carbonyl (C=O) groups excluding carboxylic acids is 1. The lowest BCUT2D eigenvalue weighted by atomic mass is 10.5. The Hall–Kier alpha value is -0.810. The number of furan rings is 1. The van der Waals surface area contributed by atoms with E-state index in [2.05, 4.69) is 4.42 Å². The second-order valence-corrected chi connectivity index (χ2v) is 4.21. The van der Waals surface area contributed by atoms with Gasteiger partial charge in [-0.3, -0.25) is 4.79 Å². The van der Waals surface area contributed by atoms with Gasteiger partial charge in [0, 0.05) is 10.7 Å². The first-order chi connectivity index (χ1) is 5.04. The van der Waals surface area contributed by atoms with Gasteiger partial charge >= 0.3 is 0 Å². The zero-order chi connectivity index (χ0) is 8.48. The lowest BCUT2D eigenvalue weighted by molar-refractivity contribution is 0.109. The third-order valence-corrected chi connectivity index (χ3v) is 2.11. The molecule has 0 atom stereocenters. The molecule has 4 nitrogen and oxygen atoms in total. The third kappa shape index (κ3) is 1.81. The van der Waals surface area contributed by atoms with E-state index in [0.29, 0.717) is 6.29 Å². The maximum atomic E-state index is 10.5. The molecule has 60 valence electrons. The van der Waals surface area contributed by atoms with Crippen molar-refractivity contribution >= 4 is 26.0 Å². The van der Waals surface area contributed by atoms with Crippen LogP contribution >= 0.6 is 10.7 Å². The van der Waals surface area contributed by atoms with Crippen LogP contribution in [-0.2, 0) is 9.05 Å². The minimum absolute atomic E-state index is 0.0655. The second-order valence-electron chi connectivity index (χ2n) is 1.71. The predicted octanol–water partition coefficient (Wildman–Crippen LogP) is 1.02. The highest BCUT2D eigenvalue weighted by molar-refractivity contribution is 8.13. The Morgan fingerprint density at radius 2 is 2.09 bits per heavy atom. The smallest absolute Gasteiger partial charge is 0.294 e. The lowest BCUT2D eigenvalue weighted by Gasteiger charge is -1.84. The number of hydrogen-bond donors (Lipinski definition) is 0. The van der Waals surface area contributed by atoms with Gasteiger partial charge in [-0.2, -0.15) is 0 Å². The molecule has 1 aromatic heterocycles. The first kappa shape index (κ1) is 8.29. The van der Waals surface area contributed by atoms with Crippen LogP contribution in [0, 0.1) is 0 Å². The summed E-state index contributed by atoms with van der Waals surface area (Å²) in [4.78, 5) is 10.0. The van der Waals surface area contributed by atoms with Gasteiger partial charge in [0.25, 0.3) is 9.05 Å². The Kier molecular flexibility index (Phi) is 2.01. The number of carbonyl (C=O) groups is 1. The number of hydrogen-bond acceptors (Lipinski definition) is 4. The molecule has 0 amide bonds. The quantitative estimate of drug-likeness (QED) is 0.521. The summed E-state index contributed by atoms with van der Waals surface area (Å²) in [6.07, 6.45) is 0.394. The molecule has 0 bridgehead atoms. The van der Waals surface area contributed by atoms with Gasteiger partial charge in [0.1, 0.15) is 0 Å². The first-order valence-corrected chi connectivity index (χ1v) is 4.84. The van der Waals surface area contributed by atoms with Gasteiger partial charge in [-0.25, -0.2) is 8.42 Å². The molecule has 0 saturated heterocycles. The fourth-order valence-corrected chi connectivity index (χ4v) is 1.20. The van der Waals surface area contributed by atoms with Crippen LogP contribution < -0.4 is 0 Å². The minimum Gasteiger partial charge on any atom is -0.441 e. The largest absolute Gasteiger partial charge is 0.441 e.